The maximum atomic E-state index is 11.4. The van der Waals surface area contributed by atoms with Crippen molar-refractivity contribution in [3.8, 4) is 0 Å². The minimum absolute atomic E-state index is 0.909. The monoisotopic (exact) mass is 358 g/mol. The number of rotatable bonds is 9. The summed E-state index contributed by atoms with van der Waals surface area (Å²) in [4.78, 5) is 22.7. The van der Waals surface area contributed by atoms with Crippen LogP contribution >= 0.6 is 0 Å². The lowest BCUT2D eigenvalue weighted by atomic mass is 10.0. The third-order valence-electron chi connectivity index (χ3n) is 2.80. The van der Waals surface area contributed by atoms with Crippen LogP contribution in [0.3, 0.4) is 0 Å². The predicted molar refractivity (Wildman–Crippen MR) is 71.6 cm³/mol. The maximum Gasteiger partial charge on any atom is 0.404 e. The normalized spacial score (nSPS) is 21.6. The molecule has 0 aromatic carbocycles. The minimum Gasteiger partial charge on any atom is -0.394 e. The molecule has 6 atom stereocenters. The van der Waals surface area contributed by atoms with E-state index in [0.29, 0.717) is 0 Å². The maximum absolute atomic E-state index is 11.4. The van der Waals surface area contributed by atoms with Crippen molar-refractivity contribution in [1.82, 2.24) is 0 Å². The largest absolute Gasteiger partial charge is 0.404 e. The summed E-state index contributed by atoms with van der Waals surface area (Å²) in [5, 5.41) is 75.0. The second kappa shape index (κ2) is 9.19. The van der Waals surface area contributed by atoms with Gasteiger partial charge in [0.15, 0.2) is 6.10 Å². The molecule has 2 unspecified atom stereocenters. The van der Waals surface area contributed by atoms with E-state index >= 15 is 0 Å². The Kier molecular flexibility index (Phi) is 8.67. The number of aliphatic hydroxyl groups is 8. The smallest absolute Gasteiger partial charge is 0.394 e. The standard InChI is InChI=1S/C12H22O12/c1-4(14)10(20)23-12(22,24-11(21)5(2)15)9(19)8(18)7(17)6(16)3-13/h4-9,13-19,22H,3H2,1-2H3/t4?,5?,6-,7+,8+,9+,12?/m0/s1. The molecular formula is C12H22O12. The highest BCUT2D eigenvalue weighted by Gasteiger charge is 2.51. The number of esters is 2. The topological polar surface area (TPSA) is 214 Å². The quantitative estimate of drug-likeness (QED) is 0.143. The van der Waals surface area contributed by atoms with Crippen LogP contribution in [-0.4, -0.2) is 102 Å². The van der Waals surface area contributed by atoms with E-state index in [1.165, 1.54) is 0 Å². The van der Waals surface area contributed by atoms with Crippen molar-refractivity contribution in [3.63, 3.8) is 0 Å². The van der Waals surface area contributed by atoms with Gasteiger partial charge in [0.2, 0.25) is 0 Å². The Bertz CT molecular complexity index is 400. The van der Waals surface area contributed by atoms with Crippen molar-refractivity contribution in [3.05, 3.63) is 0 Å². The molecule has 0 saturated heterocycles. The predicted octanol–water partition coefficient (Wildman–Crippen LogP) is -5.08. The molecule has 142 valence electrons. The van der Waals surface area contributed by atoms with Crippen LogP contribution in [0.25, 0.3) is 0 Å². The van der Waals surface area contributed by atoms with Crippen molar-refractivity contribution in [2.24, 2.45) is 0 Å². The van der Waals surface area contributed by atoms with Crippen LogP contribution in [0.15, 0.2) is 0 Å². The SMILES string of the molecule is CC(O)C(=O)OC(O)(OC(=O)C(C)O)[C@H](O)[C@H](O)[C@H](O)[C@@H](O)CO. The van der Waals surface area contributed by atoms with Crippen molar-refractivity contribution >= 4 is 11.9 Å². The van der Waals surface area contributed by atoms with Gasteiger partial charge < -0.3 is 50.3 Å². The van der Waals surface area contributed by atoms with Crippen LogP contribution in [0.1, 0.15) is 13.8 Å². The van der Waals surface area contributed by atoms with E-state index in [-0.39, 0.29) is 0 Å². The summed E-state index contributed by atoms with van der Waals surface area (Å²) < 4.78 is 8.43. The average molecular weight is 358 g/mol. The van der Waals surface area contributed by atoms with Gasteiger partial charge in [-0.3, -0.25) is 0 Å². The van der Waals surface area contributed by atoms with Gasteiger partial charge in [-0.2, -0.15) is 0 Å². The van der Waals surface area contributed by atoms with E-state index in [2.05, 4.69) is 9.47 Å². The van der Waals surface area contributed by atoms with Crippen LogP contribution in [-0.2, 0) is 19.1 Å². The molecule has 0 heterocycles. The zero-order valence-electron chi connectivity index (χ0n) is 12.9. The van der Waals surface area contributed by atoms with Crippen LogP contribution in [0.2, 0.25) is 0 Å². The summed E-state index contributed by atoms with van der Waals surface area (Å²) in [6.07, 6.45) is -13.1. The molecule has 12 heteroatoms. The van der Waals surface area contributed by atoms with Gasteiger partial charge in [-0.15, -0.1) is 0 Å². The zero-order valence-corrected chi connectivity index (χ0v) is 12.9. The van der Waals surface area contributed by atoms with E-state index in [1.807, 2.05) is 0 Å². The molecule has 0 bridgehead atoms. The lowest BCUT2D eigenvalue weighted by Gasteiger charge is -2.35. The van der Waals surface area contributed by atoms with Gasteiger partial charge in [0, 0.05) is 0 Å². The van der Waals surface area contributed by atoms with E-state index in [4.69, 9.17) is 15.3 Å². The Morgan fingerprint density at radius 2 is 1.25 bits per heavy atom. The van der Waals surface area contributed by atoms with E-state index in [9.17, 15) is 35.1 Å². The van der Waals surface area contributed by atoms with Gasteiger partial charge in [-0.1, -0.05) is 0 Å². The van der Waals surface area contributed by atoms with Crippen LogP contribution in [0.4, 0.5) is 0 Å². The van der Waals surface area contributed by atoms with E-state index < -0.39 is 61.1 Å². The first-order valence-corrected chi connectivity index (χ1v) is 6.74. The van der Waals surface area contributed by atoms with Crippen molar-refractivity contribution < 1.29 is 59.9 Å². The fourth-order valence-electron chi connectivity index (χ4n) is 1.34. The second-order valence-corrected chi connectivity index (χ2v) is 5.00. The Labute approximate surface area is 136 Å². The number of hydrogen-bond acceptors (Lipinski definition) is 12. The van der Waals surface area contributed by atoms with Gasteiger partial charge in [-0.25, -0.2) is 9.59 Å². The molecule has 8 N–H and O–H groups in total. The fourth-order valence-corrected chi connectivity index (χ4v) is 1.34. The van der Waals surface area contributed by atoms with Crippen LogP contribution in [0, 0.1) is 0 Å². The molecular weight excluding hydrogens is 336 g/mol. The molecule has 0 aromatic rings. The van der Waals surface area contributed by atoms with Crippen molar-refractivity contribution in [2.75, 3.05) is 6.61 Å². The summed E-state index contributed by atoms with van der Waals surface area (Å²) in [7, 11) is 0. The Morgan fingerprint density at radius 1 is 0.875 bits per heavy atom. The molecule has 0 fully saturated rings. The number of aliphatic hydroxyl groups excluding tert-OH is 7. The van der Waals surface area contributed by atoms with Gasteiger partial charge in [0.05, 0.1) is 6.61 Å². The number of hydrogen-bond donors (Lipinski definition) is 8. The van der Waals surface area contributed by atoms with Crippen LogP contribution < -0.4 is 0 Å². The molecule has 24 heavy (non-hydrogen) atoms. The Hall–Kier alpha value is -1.38. The molecule has 0 aliphatic rings. The molecule has 12 nitrogen and oxygen atoms in total. The molecule has 0 aliphatic carbocycles. The van der Waals surface area contributed by atoms with Gasteiger partial charge in [-0.05, 0) is 13.8 Å². The third kappa shape index (κ3) is 5.92. The molecule has 0 aliphatic heterocycles. The first kappa shape index (κ1) is 22.6. The van der Waals surface area contributed by atoms with Gasteiger partial charge in [0.25, 0.3) is 0 Å². The highest BCUT2D eigenvalue weighted by molar-refractivity contribution is 5.76. The number of carbonyl (C=O) groups is 2. The third-order valence-corrected chi connectivity index (χ3v) is 2.80. The molecule has 0 aromatic heterocycles. The lowest BCUT2D eigenvalue weighted by molar-refractivity contribution is -0.378. The number of ether oxygens (including phenoxy) is 2. The average Bonchev–Trinajstić information content (AvgIpc) is 2.51. The van der Waals surface area contributed by atoms with Gasteiger partial charge >= 0.3 is 17.9 Å². The Morgan fingerprint density at radius 3 is 1.54 bits per heavy atom. The van der Waals surface area contributed by atoms with Crippen LogP contribution in [0.5, 0.6) is 0 Å². The molecule has 0 rings (SSSR count). The molecule has 0 spiro atoms. The molecule has 0 amide bonds. The van der Waals surface area contributed by atoms with Crippen molar-refractivity contribution in [1.29, 1.82) is 0 Å². The molecule has 0 saturated carbocycles. The first-order chi connectivity index (χ1) is 10.9. The zero-order chi connectivity index (χ0) is 19.2. The minimum atomic E-state index is -3.61. The highest BCUT2D eigenvalue weighted by atomic mass is 16.9. The number of carbonyl (C=O) groups excluding carboxylic acids is 2. The van der Waals surface area contributed by atoms with Gasteiger partial charge in [0.1, 0.15) is 30.5 Å². The summed E-state index contributed by atoms with van der Waals surface area (Å²) in [6.45, 7) is 0.781. The Balaban J connectivity index is 5.50. The summed E-state index contributed by atoms with van der Waals surface area (Å²) >= 11 is 0. The first-order valence-electron chi connectivity index (χ1n) is 6.74. The second-order valence-electron chi connectivity index (χ2n) is 5.00. The molecule has 0 radical (unpaired) electrons. The fraction of sp³-hybridized carbons (Fsp3) is 0.833. The van der Waals surface area contributed by atoms with E-state index in [1.54, 1.807) is 0 Å². The lowest BCUT2D eigenvalue weighted by Crippen LogP contribution is -2.60. The summed E-state index contributed by atoms with van der Waals surface area (Å²) in [5.74, 6) is -6.78. The summed E-state index contributed by atoms with van der Waals surface area (Å²) in [5.41, 5.74) is 0. The highest BCUT2D eigenvalue weighted by Crippen LogP contribution is 2.22. The van der Waals surface area contributed by atoms with Crippen molar-refractivity contribution in [2.45, 2.75) is 56.4 Å². The summed E-state index contributed by atoms with van der Waals surface area (Å²) in [6, 6.07) is 0. The van der Waals surface area contributed by atoms with E-state index in [0.717, 1.165) is 13.8 Å².